The fourth-order valence-corrected chi connectivity index (χ4v) is 19.7. The van der Waals surface area contributed by atoms with Gasteiger partial charge in [-0.15, -0.1) is 4.79 Å². The molecule has 127 heavy (non-hydrogen) atoms. The van der Waals surface area contributed by atoms with Crippen molar-refractivity contribution >= 4 is 11.4 Å². The second kappa shape index (κ2) is 100. The number of aryl methyl sites for hydroxylation is 2. The molecular weight excluding hydrogens is 1580 g/mol. The predicted octanol–water partition coefficient (Wildman–Crippen LogP) is 41.4. The van der Waals surface area contributed by atoms with Gasteiger partial charge in [-0.2, -0.15) is 0 Å². The van der Waals surface area contributed by atoms with Gasteiger partial charge in [0.05, 0.1) is 5.57 Å². The summed E-state index contributed by atoms with van der Waals surface area (Å²) in [6.45, 7) is 20.4. The zero-order valence-corrected chi connectivity index (χ0v) is 88.6. The van der Waals surface area contributed by atoms with Gasteiger partial charge in [0.25, 0.3) is 0 Å². The van der Waals surface area contributed by atoms with Crippen molar-refractivity contribution in [2.24, 2.45) is 0 Å². The van der Waals surface area contributed by atoms with E-state index in [-0.39, 0.29) is 0 Å². The Kier molecular flexibility index (Phi) is 96.3. The summed E-state index contributed by atoms with van der Waals surface area (Å²) < 4.78 is 4.44. The molecule has 2 aromatic rings. The van der Waals surface area contributed by atoms with Gasteiger partial charge in [-0.25, -0.2) is 0 Å². The topological polar surface area (TPSA) is 42.9 Å². The molecule has 0 spiro atoms. The molecule has 0 radical (unpaired) electrons. The monoisotopic (exact) mass is 1800 g/mol. The molecule has 0 fully saturated rings. The summed E-state index contributed by atoms with van der Waals surface area (Å²) in [5.74, 6) is 18.2. The first-order valence-corrected chi connectivity index (χ1v) is 58.6. The van der Waals surface area contributed by atoms with Crippen molar-refractivity contribution < 1.29 is 19.7 Å². The zero-order valence-electron chi connectivity index (χ0n) is 87.6. The number of allylic oxidation sites excluding steroid dienone is 2. The Morgan fingerprint density at radius 1 is 0.252 bits per heavy atom. The van der Waals surface area contributed by atoms with Crippen molar-refractivity contribution in [3.05, 3.63) is 86.5 Å². The van der Waals surface area contributed by atoms with Crippen LogP contribution >= 0.6 is 0 Å². The Hall–Kier alpha value is -3.13. The first kappa shape index (κ1) is 122. The fourth-order valence-electron chi connectivity index (χ4n) is 18.8. The second-order valence-corrected chi connectivity index (χ2v) is 41.6. The molecule has 5 heteroatoms. The van der Waals surface area contributed by atoms with Gasteiger partial charge in [0, 0.05) is 24.0 Å². The molecule has 0 amide bonds. The van der Waals surface area contributed by atoms with Crippen LogP contribution in [-0.2, 0) is 27.7 Å². The van der Waals surface area contributed by atoms with Crippen LogP contribution in [0.4, 0.5) is 0 Å². The van der Waals surface area contributed by atoms with Crippen molar-refractivity contribution in [2.45, 2.75) is 633 Å². The normalized spacial score (nSPS) is 11.6. The number of unbranched alkanes of at least 4 members (excludes halogenated alkanes) is 80. The Balaban J connectivity index is 0.00000844. The van der Waals surface area contributed by atoms with Gasteiger partial charge >= 0.3 is 69.7 Å². The van der Waals surface area contributed by atoms with E-state index in [9.17, 15) is 5.53 Å². The van der Waals surface area contributed by atoms with Gasteiger partial charge in [-0.1, -0.05) is 584 Å². The predicted molar refractivity (Wildman–Crippen MR) is 569 cm³/mol. The van der Waals surface area contributed by atoms with Crippen molar-refractivity contribution in [3.8, 4) is 23.7 Å². The summed E-state index contributed by atoms with van der Waals surface area (Å²) in [4.78, 5) is 3.74. The van der Waals surface area contributed by atoms with E-state index in [1.54, 1.807) is 14.9 Å². The number of benzene rings is 2. The molecule has 0 bridgehead atoms. The summed E-state index contributed by atoms with van der Waals surface area (Å²) in [5, 5.41) is 0. The molecule has 4 nitrogen and oxygen atoms in total. The van der Waals surface area contributed by atoms with Crippen LogP contribution in [-0.4, -0.2) is 45.8 Å². The Morgan fingerprint density at radius 3 is 0.693 bits per heavy atom. The van der Waals surface area contributed by atoms with E-state index in [0.29, 0.717) is 0 Å². The Labute approximate surface area is 804 Å². The SMILES string of the molecule is CCCCCCCCCCCCCCC#Cc1cc(C#CCCCCCCCCCCCCCC)cc(C(=C(CCCC)C(=C=[N+]=[N-])CCCC)c2cc(CCCCCCCCCCCCCCCCCCCCCCCCCCCCCC)cc(CCCCCCCCCCCCCCCCCCCCCCCCCCCCCC)c2)c1.CC[N](C)[Ni][N](C)CC. The maximum atomic E-state index is 10.5. The standard InChI is InChI=1S/C116H204N2.2C3H8N.Ni/c1-7-13-19-23-27-31-35-39-43-45-47-49-51-53-55-57-59-61-63-65-67-69-73-77-81-85-89-93-97-110-102-111(98-94-90-86-82-78-74-70-68-66-64-62-60-58-56-54-52-50-48-46-44-40-36-32-28-24-20-14-8-2)106-114(105-110)116(115(100-18-12-6)112(107-118-117)99-17-11-5)113-103-108(95-91-87-83-79-75-71-41-37-33-29-25-21-15-9-3)101-109(104-113)96-92-88-84-80-76-72-42-38-34-30-26-22-16-10-4;2*1-3-4-2;/h101-106H,7-90,93-94,97-100H2,1-6H3;2*3H2,1-2H3;/q;2*-1;+2. The first-order valence-electron chi connectivity index (χ1n) is 57.7. The van der Waals surface area contributed by atoms with Crippen LogP contribution in [0.15, 0.2) is 47.5 Å². The molecule has 0 aromatic heterocycles. The van der Waals surface area contributed by atoms with E-state index >= 15 is 0 Å². The van der Waals surface area contributed by atoms with Crippen LogP contribution in [0.25, 0.3) is 11.1 Å². The van der Waals surface area contributed by atoms with Crippen molar-refractivity contribution in [1.82, 2.24) is 7.96 Å². The van der Waals surface area contributed by atoms with Crippen LogP contribution in [0.1, 0.15) is 654 Å². The van der Waals surface area contributed by atoms with Crippen molar-refractivity contribution in [3.63, 3.8) is 0 Å². The van der Waals surface area contributed by atoms with E-state index in [4.69, 9.17) is 0 Å². The van der Waals surface area contributed by atoms with Gasteiger partial charge in [-0.05, 0) is 116 Å². The van der Waals surface area contributed by atoms with Crippen LogP contribution in [0.2, 0.25) is 0 Å². The molecule has 0 atom stereocenters. The number of hydrogen-bond donors (Lipinski definition) is 0. The second-order valence-electron chi connectivity index (χ2n) is 39.9. The molecule has 0 aliphatic carbocycles. The van der Waals surface area contributed by atoms with E-state index in [2.05, 4.69) is 148 Å². The van der Waals surface area contributed by atoms with Gasteiger partial charge in [-0.3, -0.25) is 0 Å². The molecule has 0 heterocycles. The van der Waals surface area contributed by atoms with Gasteiger partial charge < -0.3 is 5.53 Å². The molecule has 0 N–H and O–H groups in total. The quantitative estimate of drug-likeness (QED) is 0.0126. The van der Waals surface area contributed by atoms with E-state index in [1.165, 1.54) is 547 Å². The van der Waals surface area contributed by atoms with E-state index in [1.807, 2.05) is 0 Å². The average Bonchev–Trinajstić information content (AvgIpc) is 0.785. The Bertz CT molecular complexity index is 2730. The number of rotatable bonds is 95. The Morgan fingerprint density at radius 2 is 0.465 bits per heavy atom. The summed E-state index contributed by atoms with van der Waals surface area (Å²) in [5.41, 5.74) is 21.8. The molecule has 0 saturated heterocycles. The van der Waals surface area contributed by atoms with E-state index < -0.39 is 0 Å². The molecule has 2 aromatic carbocycles. The van der Waals surface area contributed by atoms with Crippen molar-refractivity contribution in [1.29, 1.82) is 0 Å². The third-order valence-corrected chi connectivity index (χ3v) is 28.7. The molecular formula is C122H220N4Ni. The third kappa shape index (κ3) is 82.1. The van der Waals surface area contributed by atoms with Crippen LogP contribution in [0.3, 0.4) is 0 Å². The van der Waals surface area contributed by atoms with Gasteiger partial charge in [0.15, 0.2) is 0 Å². The summed E-state index contributed by atoms with van der Waals surface area (Å²) in [6.07, 6.45) is 123. The minimum absolute atomic E-state index is 0.846. The zero-order chi connectivity index (χ0) is 91.6. The summed E-state index contributed by atoms with van der Waals surface area (Å²) in [6, 6.07) is 14.9. The number of hydrogen-bond acceptors (Lipinski definition) is 2. The molecule has 738 valence electrons. The molecule has 0 saturated carbocycles. The van der Waals surface area contributed by atoms with Gasteiger partial charge in [0.1, 0.15) is 0 Å². The molecule has 0 aliphatic rings. The van der Waals surface area contributed by atoms with Gasteiger partial charge in [0.2, 0.25) is 0 Å². The summed E-state index contributed by atoms with van der Waals surface area (Å²) >= 11 is 1.59. The third-order valence-electron chi connectivity index (χ3n) is 27.4. The average molecular weight is 1800 g/mol. The summed E-state index contributed by atoms with van der Waals surface area (Å²) in [7, 11) is 4.21. The fraction of sp³-hybridized carbons (Fsp3) is 0.836. The molecule has 0 unspecified atom stereocenters. The minimum atomic E-state index is 0.846. The molecule has 2 rings (SSSR count). The van der Waals surface area contributed by atoms with Crippen LogP contribution in [0.5, 0.6) is 0 Å². The van der Waals surface area contributed by atoms with Crippen LogP contribution in [0, 0.1) is 23.7 Å². The first-order chi connectivity index (χ1) is 62.7. The van der Waals surface area contributed by atoms with Crippen molar-refractivity contribution in [2.75, 3.05) is 27.2 Å². The maximum absolute atomic E-state index is 10.5. The molecule has 0 aliphatic heterocycles. The van der Waals surface area contributed by atoms with E-state index in [0.717, 1.165) is 94.0 Å². The number of nitrogens with zero attached hydrogens (tertiary/aromatic N) is 4. The van der Waals surface area contributed by atoms with Crippen LogP contribution < -0.4 is 0 Å².